The average molecular weight is 369 g/mol. The Bertz CT molecular complexity index is 804. The number of benzene rings is 1. The fraction of sp³-hybridized carbons (Fsp3) is 0.550. The molecular formula is C20H27N5O2. The fourth-order valence-electron chi connectivity index (χ4n) is 4.18. The van der Waals surface area contributed by atoms with Crippen molar-refractivity contribution in [2.75, 3.05) is 13.1 Å². The number of β-amino-alcohol motifs (C(OH)–C–C–N with tert-alkyl or cyclic N) is 1. The van der Waals surface area contributed by atoms with E-state index >= 15 is 0 Å². The first-order valence-electron chi connectivity index (χ1n) is 9.70. The topological polar surface area (TPSA) is 74.5 Å². The molecule has 2 aromatic rings. The van der Waals surface area contributed by atoms with Gasteiger partial charge in [-0.15, -0.1) is 10.2 Å². The van der Waals surface area contributed by atoms with Crippen molar-refractivity contribution in [1.29, 1.82) is 0 Å². The lowest BCUT2D eigenvalue weighted by atomic mass is 10.1. The SMILES string of the molecule is CC(C)N1CC(O)CC1c1nnc2n1CCN(C(=O)Cc1ccccc1)C2. The highest BCUT2D eigenvalue weighted by Gasteiger charge is 2.38. The van der Waals surface area contributed by atoms with Gasteiger partial charge in [-0.1, -0.05) is 30.3 Å². The lowest BCUT2D eigenvalue weighted by Gasteiger charge is -2.31. The smallest absolute Gasteiger partial charge is 0.227 e. The van der Waals surface area contributed by atoms with Crippen molar-refractivity contribution in [1.82, 2.24) is 24.6 Å². The normalized spacial score (nSPS) is 23.0. The second kappa shape index (κ2) is 7.40. The lowest BCUT2D eigenvalue weighted by Crippen LogP contribution is -2.40. The van der Waals surface area contributed by atoms with Crippen LogP contribution in [0.4, 0.5) is 0 Å². The van der Waals surface area contributed by atoms with E-state index in [1.807, 2.05) is 35.2 Å². The molecule has 2 aliphatic heterocycles. The van der Waals surface area contributed by atoms with E-state index in [4.69, 9.17) is 0 Å². The van der Waals surface area contributed by atoms with Crippen molar-refractivity contribution in [3.05, 3.63) is 47.5 Å². The van der Waals surface area contributed by atoms with Gasteiger partial charge in [-0.3, -0.25) is 9.69 Å². The molecule has 7 heteroatoms. The molecule has 1 aromatic carbocycles. The van der Waals surface area contributed by atoms with Gasteiger partial charge >= 0.3 is 0 Å². The minimum Gasteiger partial charge on any atom is -0.392 e. The highest BCUT2D eigenvalue weighted by Crippen LogP contribution is 2.33. The number of aliphatic hydroxyl groups is 1. The molecular weight excluding hydrogens is 342 g/mol. The monoisotopic (exact) mass is 369 g/mol. The van der Waals surface area contributed by atoms with Crippen LogP contribution < -0.4 is 0 Å². The number of nitrogens with zero attached hydrogens (tertiary/aromatic N) is 5. The minimum atomic E-state index is -0.321. The third-order valence-electron chi connectivity index (χ3n) is 5.61. The number of hydrogen-bond acceptors (Lipinski definition) is 5. The zero-order chi connectivity index (χ0) is 19.0. The Balaban J connectivity index is 1.48. The molecule has 2 aliphatic rings. The molecule has 2 unspecified atom stereocenters. The molecule has 0 radical (unpaired) electrons. The standard InChI is InChI=1S/C20H27N5O2/c1-14(2)25-12-16(26)11-17(25)20-22-21-18-13-23(8-9-24(18)20)19(27)10-15-6-4-3-5-7-15/h3-7,14,16-17,26H,8-13H2,1-2H3. The van der Waals surface area contributed by atoms with Crippen LogP contribution in [-0.4, -0.2) is 60.8 Å². The maximum Gasteiger partial charge on any atom is 0.227 e. The van der Waals surface area contributed by atoms with Crippen LogP contribution in [-0.2, 0) is 24.3 Å². The second-order valence-electron chi connectivity index (χ2n) is 7.80. The Hall–Kier alpha value is -2.25. The zero-order valence-electron chi connectivity index (χ0n) is 16.0. The van der Waals surface area contributed by atoms with Gasteiger partial charge in [0.2, 0.25) is 5.91 Å². The number of aliphatic hydroxyl groups excluding tert-OH is 1. The van der Waals surface area contributed by atoms with Crippen molar-refractivity contribution < 1.29 is 9.90 Å². The molecule has 1 N–H and O–H groups in total. The van der Waals surface area contributed by atoms with E-state index in [0.29, 0.717) is 45.1 Å². The summed E-state index contributed by atoms with van der Waals surface area (Å²) in [6, 6.07) is 10.3. The van der Waals surface area contributed by atoms with Crippen molar-refractivity contribution in [3.8, 4) is 0 Å². The molecule has 0 aliphatic carbocycles. The van der Waals surface area contributed by atoms with E-state index in [0.717, 1.165) is 17.2 Å². The van der Waals surface area contributed by atoms with Crippen LogP contribution in [0, 0.1) is 0 Å². The fourth-order valence-corrected chi connectivity index (χ4v) is 4.18. The van der Waals surface area contributed by atoms with Crippen LogP contribution in [0.5, 0.6) is 0 Å². The summed E-state index contributed by atoms with van der Waals surface area (Å²) in [5.41, 5.74) is 1.03. The molecule has 2 atom stereocenters. The van der Waals surface area contributed by atoms with Crippen molar-refractivity contribution in [3.63, 3.8) is 0 Å². The molecule has 7 nitrogen and oxygen atoms in total. The van der Waals surface area contributed by atoms with Crippen LogP contribution in [0.25, 0.3) is 0 Å². The predicted molar refractivity (Wildman–Crippen MR) is 101 cm³/mol. The van der Waals surface area contributed by atoms with Gasteiger partial charge in [0.25, 0.3) is 0 Å². The Labute approximate surface area is 159 Å². The van der Waals surface area contributed by atoms with Crippen LogP contribution in [0.2, 0.25) is 0 Å². The molecule has 0 spiro atoms. The van der Waals surface area contributed by atoms with Crippen molar-refractivity contribution >= 4 is 5.91 Å². The van der Waals surface area contributed by atoms with Gasteiger partial charge in [0.15, 0.2) is 11.6 Å². The van der Waals surface area contributed by atoms with Gasteiger partial charge < -0.3 is 14.6 Å². The van der Waals surface area contributed by atoms with Crippen molar-refractivity contribution in [2.24, 2.45) is 0 Å². The summed E-state index contributed by atoms with van der Waals surface area (Å²) in [4.78, 5) is 16.8. The van der Waals surface area contributed by atoms with Gasteiger partial charge in [0.05, 0.1) is 25.1 Å². The van der Waals surface area contributed by atoms with Crippen LogP contribution in [0.3, 0.4) is 0 Å². The average Bonchev–Trinajstić information content (AvgIpc) is 3.25. The lowest BCUT2D eigenvalue weighted by molar-refractivity contribution is -0.132. The number of aromatic nitrogens is 3. The third-order valence-corrected chi connectivity index (χ3v) is 5.61. The summed E-state index contributed by atoms with van der Waals surface area (Å²) in [6.07, 6.45) is 0.781. The maximum absolute atomic E-state index is 12.7. The van der Waals surface area contributed by atoms with Crippen LogP contribution >= 0.6 is 0 Å². The number of amides is 1. The molecule has 3 heterocycles. The van der Waals surface area contributed by atoms with E-state index in [2.05, 4.69) is 33.5 Å². The molecule has 4 rings (SSSR count). The summed E-state index contributed by atoms with van der Waals surface area (Å²) in [5.74, 6) is 1.88. The van der Waals surface area contributed by atoms with E-state index in [1.54, 1.807) is 0 Å². The number of fused-ring (bicyclic) bond motifs is 1. The number of carbonyl (C=O) groups excluding carboxylic acids is 1. The van der Waals surface area contributed by atoms with Crippen LogP contribution in [0.1, 0.15) is 43.5 Å². The third kappa shape index (κ3) is 3.61. The van der Waals surface area contributed by atoms with Crippen molar-refractivity contribution in [2.45, 2.75) is 58.0 Å². The summed E-state index contributed by atoms with van der Waals surface area (Å²) in [5, 5.41) is 18.9. The highest BCUT2D eigenvalue weighted by atomic mass is 16.3. The quantitative estimate of drug-likeness (QED) is 0.881. The van der Waals surface area contributed by atoms with E-state index < -0.39 is 0 Å². The second-order valence-corrected chi connectivity index (χ2v) is 7.80. The Morgan fingerprint density at radius 3 is 2.74 bits per heavy atom. The van der Waals surface area contributed by atoms with Gasteiger partial charge in [-0.2, -0.15) is 0 Å². The maximum atomic E-state index is 12.7. The van der Waals surface area contributed by atoms with Gasteiger partial charge in [0.1, 0.15) is 0 Å². The zero-order valence-corrected chi connectivity index (χ0v) is 16.0. The van der Waals surface area contributed by atoms with Gasteiger partial charge in [-0.05, 0) is 25.8 Å². The van der Waals surface area contributed by atoms with E-state index in [9.17, 15) is 9.90 Å². The summed E-state index contributed by atoms with van der Waals surface area (Å²) >= 11 is 0. The largest absolute Gasteiger partial charge is 0.392 e. The highest BCUT2D eigenvalue weighted by molar-refractivity contribution is 5.78. The molecule has 1 saturated heterocycles. The molecule has 144 valence electrons. The molecule has 27 heavy (non-hydrogen) atoms. The Morgan fingerprint density at radius 2 is 2.00 bits per heavy atom. The number of carbonyl (C=O) groups is 1. The molecule has 0 bridgehead atoms. The number of hydrogen-bond donors (Lipinski definition) is 1. The first-order valence-corrected chi connectivity index (χ1v) is 9.70. The molecule has 0 saturated carbocycles. The van der Waals surface area contributed by atoms with Crippen LogP contribution in [0.15, 0.2) is 30.3 Å². The predicted octanol–water partition coefficient (Wildman–Crippen LogP) is 1.38. The molecule has 1 aromatic heterocycles. The van der Waals surface area contributed by atoms with Gasteiger partial charge in [-0.25, -0.2) is 0 Å². The van der Waals surface area contributed by atoms with E-state index in [-0.39, 0.29) is 18.1 Å². The summed E-state index contributed by atoms with van der Waals surface area (Å²) in [7, 11) is 0. The first-order chi connectivity index (χ1) is 13.0. The first kappa shape index (κ1) is 18.1. The minimum absolute atomic E-state index is 0.0906. The molecule has 1 fully saturated rings. The Kier molecular flexibility index (Phi) is 4.97. The van der Waals surface area contributed by atoms with Gasteiger partial charge in [0, 0.05) is 25.7 Å². The molecule has 1 amide bonds. The van der Waals surface area contributed by atoms with E-state index in [1.165, 1.54) is 0 Å². The number of rotatable bonds is 4. The summed E-state index contributed by atoms with van der Waals surface area (Å²) in [6.45, 7) is 6.82. The summed E-state index contributed by atoms with van der Waals surface area (Å²) < 4.78 is 2.14. The number of likely N-dealkylation sites (tertiary alicyclic amines) is 1. The Morgan fingerprint density at radius 1 is 1.22 bits per heavy atom.